The Hall–Kier alpha value is -2.22. The normalized spacial score (nSPS) is 16.8. The molecule has 1 aliphatic heterocycles. The standard InChI is InChI=1S/C21H26N2O4S/c1-3-4-15-27-17(2)21(24)22-11-13-23(14-12-22)28(25,26)20-10-9-18-7-5-6-8-19(18)16-20/h3,5-10,16-17H,1,4,11-15H2,2H3. The molecule has 1 heterocycles. The molecule has 0 bridgehead atoms. The number of amides is 1. The van der Waals surface area contributed by atoms with Crippen LogP contribution in [0.4, 0.5) is 0 Å². The molecule has 1 aliphatic rings. The predicted molar refractivity (Wildman–Crippen MR) is 110 cm³/mol. The zero-order valence-electron chi connectivity index (χ0n) is 16.1. The summed E-state index contributed by atoms with van der Waals surface area (Å²) < 4.78 is 33.0. The van der Waals surface area contributed by atoms with Gasteiger partial charge in [0.25, 0.3) is 5.91 Å². The summed E-state index contributed by atoms with van der Waals surface area (Å²) >= 11 is 0. The second kappa shape index (κ2) is 8.86. The second-order valence-corrected chi connectivity index (χ2v) is 8.77. The van der Waals surface area contributed by atoms with Crippen LogP contribution >= 0.6 is 0 Å². The number of nitrogens with zero attached hydrogens (tertiary/aromatic N) is 2. The van der Waals surface area contributed by atoms with Crippen LogP contribution in [-0.4, -0.2) is 62.4 Å². The minimum atomic E-state index is -3.59. The van der Waals surface area contributed by atoms with Gasteiger partial charge in [0.05, 0.1) is 11.5 Å². The van der Waals surface area contributed by atoms with Crippen LogP contribution in [0.3, 0.4) is 0 Å². The maximum Gasteiger partial charge on any atom is 0.251 e. The van der Waals surface area contributed by atoms with Crippen LogP contribution in [0.1, 0.15) is 13.3 Å². The molecule has 2 aromatic carbocycles. The van der Waals surface area contributed by atoms with Crippen molar-refractivity contribution in [1.82, 2.24) is 9.21 Å². The third kappa shape index (κ3) is 4.43. The summed E-state index contributed by atoms with van der Waals surface area (Å²) in [4.78, 5) is 14.4. The molecule has 2 aromatic rings. The van der Waals surface area contributed by atoms with Crippen molar-refractivity contribution in [2.75, 3.05) is 32.8 Å². The van der Waals surface area contributed by atoms with Crippen LogP contribution in [0.2, 0.25) is 0 Å². The van der Waals surface area contributed by atoms with Gasteiger partial charge in [-0.2, -0.15) is 4.31 Å². The van der Waals surface area contributed by atoms with Gasteiger partial charge in [0.1, 0.15) is 6.10 Å². The average Bonchev–Trinajstić information content (AvgIpc) is 2.73. The van der Waals surface area contributed by atoms with Crippen LogP contribution in [0.15, 0.2) is 60.0 Å². The molecule has 1 fully saturated rings. The van der Waals surface area contributed by atoms with Crippen LogP contribution < -0.4 is 0 Å². The first-order valence-electron chi connectivity index (χ1n) is 9.43. The molecule has 0 aromatic heterocycles. The molecule has 1 unspecified atom stereocenters. The van der Waals surface area contributed by atoms with Gasteiger partial charge in [0, 0.05) is 26.2 Å². The van der Waals surface area contributed by atoms with Crippen molar-refractivity contribution in [3.8, 4) is 0 Å². The summed E-state index contributed by atoms with van der Waals surface area (Å²) in [6.45, 7) is 7.08. The Morgan fingerprint density at radius 2 is 1.82 bits per heavy atom. The number of rotatable bonds is 7. The van der Waals surface area contributed by atoms with Crippen LogP contribution in [-0.2, 0) is 19.6 Å². The highest BCUT2D eigenvalue weighted by molar-refractivity contribution is 7.89. The van der Waals surface area contributed by atoms with Gasteiger partial charge in [-0.1, -0.05) is 36.4 Å². The van der Waals surface area contributed by atoms with Gasteiger partial charge >= 0.3 is 0 Å². The minimum absolute atomic E-state index is 0.105. The largest absolute Gasteiger partial charge is 0.368 e. The van der Waals surface area contributed by atoms with E-state index in [1.165, 1.54) is 4.31 Å². The summed E-state index contributed by atoms with van der Waals surface area (Å²) in [5.74, 6) is -0.105. The topological polar surface area (TPSA) is 66.9 Å². The van der Waals surface area contributed by atoms with Crippen molar-refractivity contribution in [2.45, 2.75) is 24.3 Å². The zero-order valence-corrected chi connectivity index (χ0v) is 16.9. The van der Waals surface area contributed by atoms with Crippen molar-refractivity contribution in [1.29, 1.82) is 0 Å². The Balaban J connectivity index is 1.64. The smallest absolute Gasteiger partial charge is 0.251 e. The molecule has 0 saturated carbocycles. The van der Waals surface area contributed by atoms with E-state index < -0.39 is 16.1 Å². The molecule has 0 spiro atoms. The van der Waals surface area contributed by atoms with Gasteiger partial charge < -0.3 is 9.64 Å². The lowest BCUT2D eigenvalue weighted by Crippen LogP contribution is -2.52. The number of carbonyl (C=O) groups excluding carboxylic acids is 1. The third-order valence-electron chi connectivity index (χ3n) is 4.95. The Bertz CT molecular complexity index is 950. The summed E-state index contributed by atoms with van der Waals surface area (Å²) in [6.07, 6.45) is 1.90. The van der Waals surface area contributed by atoms with Gasteiger partial charge in [-0.05, 0) is 36.2 Å². The van der Waals surface area contributed by atoms with E-state index in [1.54, 1.807) is 30.0 Å². The molecule has 0 radical (unpaired) electrons. The fourth-order valence-corrected chi connectivity index (χ4v) is 4.74. The Morgan fingerprint density at radius 1 is 1.14 bits per heavy atom. The number of carbonyl (C=O) groups is 1. The van der Waals surface area contributed by atoms with E-state index in [-0.39, 0.29) is 23.9 Å². The molecule has 6 nitrogen and oxygen atoms in total. The highest BCUT2D eigenvalue weighted by Gasteiger charge is 2.31. The predicted octanol–water partition coefficient (Wildman–Crippen LogP) is 2.65. The molecular weight excluding hydrogens is 376 g/mol. The first kappa shape index (κ1) is 20.5. The van der Waals surface area contributed by atoms with Crippen LogP contribution in [0.25, 0.3) is 10.8 Å². The first-order chi connectivity index (χ1) is 13.4. The minimum Gasteiger partial charge on any atom is -0.368 e. The van der Waals surface area contributed by atoms with E-state index in [4.69, 9.17) is 4.74 Å². The first-order valence-corrected chi connectivity index (χ1v) is 10.9. The van der Waals surface area contributed by atoms with Crippen molar-refractivity contribution >= 4 is 26.7 Å². The number of ether oxygens (including phenoxy) is 1. The lowest BCUT2D eigenvalue weighted by atomic mass is 10.1. The highest BCUT2D eigenvalue weighted by atomic mass is 32.2. The number of fused-ring (bicyclic) bond motifs is 1. The van der Waals surface area contributed by atoms with Gasteiger partial charge in [-0.15, -0.1) is 6.58 Å². The van der Waals surface area contributed by atoms with Gasteiger partial charge in [-0.25, -0.2) is 8.42 Å². The van der Waals surface area contributed by atoms with Crippen molar-refractivity contribution < 1.29 is 17.9 Å². The molecule has 150 valence electrons. The van der Waals surface area contributed by atoms with Crippen LogP contribution in [0, 0.1) is 0 Å². The summed E-state index contributed by atoms with van der Waals surface area (Å²) in [7, 11) is -3.59. The second-order valence-electron chi connectivity index (χ2n) is 6.83. The van der Waals surface area contributed by atoms with Gasteiger partial charge in [-0.3, -0.25) is 4.79 Å². The monoisotopic (exact) mass is 402 g/mol. The molecule has 1 saturated heterocycles. The van der Waals surface area contributed by atoms with E-state index in [0.29, 0.717) is 26.1 Å². The van der Waals surface area contributed by atoms with E-state index >= 15 is 0 Å². The van der Waals surface area contributed by atoms with Crippen LogP contribution in [0.5, 0.6) is 0 Å². The van der Waals surface area contributed by atoms with Crippen molar-refractivity contribution in [2.24, 2.45) is 0 Å². The van der Waals surface area contributed by atoms with Gasteiger partial charge in [0.2, 0.25) is 10.0 Å². The molecule has 1 amide bonds. The van der Waals surface area contributed by atoms with E-state index in [1.807, 2.05) is 30.3 Å². The van der Waals surface area contributed by atoms with E-state index in [2.05, 4.69) is 6.58 Å². The molecule has 3 rings (SSSR count). The fourth-order valence-electron chi connectivity index (χ4n) is 3.28. The lowest BCUT2D eigenvalue weighted by Gasteiger charge is -2.35. The number of hydrogen-bond donors (Lipinski definition) is 0. The van der Waals surface area contributed by atoms with Crippen molar-refractivity contribution in [3.05, 3.63) is 55.1 Å². The zero-order chi connectivity index (χ0) is 20.1. The number of hydrogen-bond acceptors (Lipinski definition) is 4. The Labute approximate surface area is 166 Å². The molecule has 28 heavy (non-hydrogen) atoms. The molecule has 1 atom stereocenters. The quantitative estimate of drug-likeness (QED) is 0.528. The van der Waals surface area contributed by atoms with Crippen molar-refractivity contribution in [3.63, 3.8) is 0 Å². The SMILES string of the molecule is C=CCCOC(C)C(=O)N1CCN(S(=O)(=O)c2ccc3ccccc3c2)CC1. The Morgan fingerprint density at radius 3 is 2.50 bits per heavy atom. The maximum atomic E-state index is 13.0. The van der Waals surface area contributed by atoms with Gasteiger partial charge in [0.15, 0.2) is 0 Å². The molecule has 0 N–H and O–H groups in total. The fraction of sp³-hybridized carbons (Fsp3) is 0.381. The van der Waals surface area contributed by atoms with E-state index in [9.17, 15) is 13.2 Å². The third-order valence-corrected chi connectivity index (χ3v) is 6.84. The molecule has 0 aliphatic carbocycles. The number of benzene rings is 2. The summed E-state index contributed by atoms with van der Waals surface area (Å²) in [6, 6.07) is 12.8. The highest BCUT2D eigenvalue weighted by Crippen LogP contribution is 2.23. The average molecular weight is 403 g/mol. The Kier molecular flexibility index (Phi) is 6.49. The number of sulfonamides is 1. The maximum absolute atomic E-state index is 13.0. The molecule has 7 heteroatoms. The summed E-state index contributed by atoms with van der Waals surface area (Å²) in [5.41, 5.74) is 0. The van der Waals surface area contributed by atoms with E-state index in [0.717, 1.165) is 10.8 Å². The lowest BCUT2D eigenvalue weighted by molar-refractivity contribution is -0.143. The molecular formula is C21H26N2O4S. The number of piperazine rings is 1. The summed E-state index contributed by atoms with van der Waals surface area (Å²) in [5, 5.41) is 1.89.